The topological polar surface area (TPSA) is 69.2 Å². The van der Waals surface area contributed by atoms with Gasteiger partial charge in [-0.1, -0.05) is 60.2 Å². The number of benzene rings is 2. The second-order valence-corrected chi connectivity index (χ2v) is 6.43. The van der Waals surface area contributed by atoms with E-state index in [2.05, 4.69) is 0 Å². The van der Waals surface area contributed by atoms with Crippen molar-refractivity contribution in [3.8, 4) is 11.5 Å². The lowest BCUT2D eigenvalue weighted by Crippen LogP contribution is -2.13. The van der Waals surface area contributed by atoms with E-state index < -0.39 is 6.10 Å². The third-order valence-electron chi connectivity index (χ3n) is 4.27. The minimum absolute atomic E-state index is 0.397. The lowest BCUT2D eigenvalue weighted by Gasteiger charge is -2.18. The SMILES string of the molecule is [O-]C(C=Cc1ccc2c(c1)OCCOCCOCCOCCO2)c1ccccc1. The molecule has 6 heteroatoms. The molecule has 1 aliphatic heterocycles. The lowest BCUT2D eigenvalue weighted by molar-refractivity contribution is -0.408. The molecule has 2 aromatic carbocycles. The van der Waals surface area contributed by atoms with Crippen LogP contribution in [0.4, 0.5) is 0 Å². The summed E-state index contributed by atoms with van der Waals surface area (Å²) >= 11 is 0. The summed E-state index contributed by atoms with van der Waals surface area (Å²) in [7, 11) is 0. The highest BCUT2D eigenvalue weighted by Gasteiger charge is 2.07. The Morgan fingerprint density at radius 1 is 0.690 bits per heavy atom. The summed E-state index contributed by atoms with van der Waals surface area (Å²) in [6.45, 7) is 3.84. The van der Waals surface area contributed by atoms with Gasteiger partial charge in [0.05, 0.1) is 39.6 Å². The third kappa shape index (κ3) is 7.51. The van der Waals surface area contributed by atoms with E-state index in [4.69, 9.17) is 23.7 Å². The Bertz CT molecular complexity index is 746. The molecule has 3 rings (SSSR count). The second-order valence-electron chi connectivity index (χ2n) is 6.43. The molecule has 0 saturated carbocycles. The first-order valence-electron chi connectivity index (χ1n) is 9.85. The highest BCUT2D eigenvalue weighted by atomic mass is 16.6. The zero-order valence-corrected chi connectivity index (χ0v) is 16.5. The lowest BCUT2D eigenvalue weighted by atomic mass is 10.1. The average Bonchev–Trinajstić information content (AvgIpc) is 2.77. The van der Waals surface area contributed by atoms with Gasteiger partial charge in [0.1, 0.15) is 13.2 Å². The van der Waals surface area contributed by atoms with Crippen molar-refractivity contribution in [2.75, 3.05) is 52.9 Å². The van der Waals surface area contributed by atoms with Crippen LogP contribution in [0.3, 0.4) is 0 Å². The first kappa shape index (κ1) is 21.3. The molecule has 0 radical (unpaired) electrons. The van der Waals surface area contributed by atoms with Crippen LogP contribution >= 0.6 is 0 Å². The second kappa shape index (κ2) is 12.2. The minimum atomic E-state index is -0.918. The Morgan fingerprint density at radius 3 is 1.93 bits per heavy atom. The van der Waals surface area contributed by atoms with Crippen molar-refractivity contribution < 1.29 is 28.8 Å². The number of fused-ring (bicyclic) bond motifs is 1. The van der Waals surface area contributed by atoms with Crippen LogP contribution < -0.4 is 14.6 Å². The predicted molar refractivity (Wildman–Crippen MR) is 108 cm³/mol. The van der Waals surface area contributed by atoms with E-state index in [1.807, 2.05) is 48.5 Å². The van der Waals surface area contributed by atoms with E-state index >= 15 is 0 Å². The van der Waals surface area contributed by atoms with Crippen molar-refractivity contribution in [3.63, 3.8) is 0 Å². The van der Waals surface area contributed by atoms with Crippen molar-refractivity contribution in [3.05, 3.63) is 65.7 Å². The Balaban J connectivity index is 1.66. The number of rotatable bonds is 3. The van der Waals surface area contributed by atoms with Gasteiger partial charge in [0.2, 0.25) is 0 Å². The van der Waals surface area contributed by atoms with Crippen LogP contribution in [-0.4, -0.2) is 52.9 Å². The van der Waals surface area contributed by atoms with Crippen LogP contribution in [0.15, 0.2) is 54.6 Å². The minimum Gasteiger partial charge on any atom is -0.846 e. The molecule has 0 bridgehead atoms. The van der Waals surface area contributed by atoms with Gasteiger partial charge in [-0.05, 0) is 17.7 Å². The molecule has 0 spiro atoms. The van der Waals surface area contributed by atoms with Crippen LogP contribution in [0, 0.1) is 0 Å². The molecular formula is C23H27O6-. The quantitative estimate of drug-likeness (QED) is 0.790. The highest BCUT2D eigenvalue weighted by Crippen LogP contribution is 2.29. The van der Waals surface area contributed by atoms with Crippen LogP contribution in [-0.2, 0) is 14.2 Å². The maximum Gasteiger partial charge on any atom is 0.161 e. The van der Waals surface area contributed by atoms with Crippen molar-refractivity contribution in [1.29, 1.82) is 0 Å². The van der Waals surface area contributed by atoms with Gasteiger partial charge in [0.25, 0.3) is 0 Å². The van der Waals surface area contributed by atoms with Gasteiger partial charge in [-0.25, -0.2) is 0 Å². The molecule has 0 saturated heterocycles. The Kier molecular flexibility index (Phi) is 9.00. The number of hydrogen-bond donors (Lipinski definition) is 0. The van der Waals surface area contributed by atoms with Gasteiger partial charge in [0.15, 0.2) is 11.5 Å². The molecule has 2 aromatic rings. The monoisotopic (exact) mass is 399 g/mol. The van der Waals surface area contributed by atoms with Crippen molar-refractivity contribution >= 4 is 6.08 Å². The summed E-state index contributed by atoms with van der Waals surface area (Å²) in [4.78, 5) is 0. The molecule has 0 aromatic heterocycles. The largest absolute Gasteiger partial charge is 0.846 e. The molecule has 0 N–H and O–H groups in total. The molecule has 1 aliphatic rings. The normalized spacial score (nSPS) is 18.0. The Hall–Kier alpha value is -2.38. The Labute approximate surface area is 171 Å². The molecule has 0 amide bonds. The predicted octanol–water partition coefficient (Wildman–Crippen LogP) is 2.62. The van der Waals surface area contributed by atoms with Crippen molar-refractivity contribution in [2.24, 2.45) is 0 Å². The molecule has 29 heavy (non-hydrogen) atoms. The van der Waals surface area contributed by atoms with E-state index in [9.17, 15) is 5.11 Å². The van der Waals surface area contributed by atoms with Crippen molar-refractivity contribution in [2.45, 2.75) is 6.10 Å². The summed E-state index contributed by atoms with van der Waals surface area (Å²) in [5.74, 6) is 1.25. The van der Waals surface area contributed by atoms with Crippen LogP contribution in [0.5, 0.6) is 11.5 Å². The summed E-state index contributed by atoms with van der Waals surface area (Å²) in [5.41, 5.74) is 1.60. The van der Waals surface area contributed by atoms with E-state index in [0.29, 0.717) is 64.4 Å². The summed E-state index contributed by atoms with van der Waals surface area (Å²) in [5, 5.41) is 12.4. The van der Waals surface area contributed by atoms with E-state index in [-0.39, 0.29) is 0 Å². The van der Waals surface area contributed by atoms with Gasteiger partial charge in [-0.15, -0.1) is 0 Å². The summed E-state index contributed by atoms with van der Waals surface area (Å²) in [6.07, 6.45) is 2.53. The maximum absolute atomic E-state index is 12.4. The zero-order chi connectivity index (χ0) is 20.2. The van der Waals surface area contributed by atoms with Gasteiger partial charge in [0, 0.05) is 0 Å². The molecule has 1 heterocycles. The number of ether oxygens (including phenoxy) is 5. The first-order valence-corrected chi connectivity index (χ1v) is 9.85. The third-order valence-corrected chi connectivity index (χ3v) is 4.27. The van der Waals surface area contributed by atoms with Crippen LogP contribution in [0.25, 0.3) is 6.08 Å². The number of hydrogen-bond acceptors (Lipinski definition) is 6. The van der Waals surface area contributed by atoms with Gasteiger partial charge in [-0.3, -0.25) is 0 Å². The van der Waals surface area contributed by atoms with E-state index in [1.54, 1.807) is 12.2 Å². The van der Waals surface area contributed by atoms with E-state index in [1.165, 1.54) is 0 Å². The first-order chi connectivity index (χ1) is 14.3. The van der Waals surface area contributed by atoms with Gasteiger partial charge >= 0.3 is 0 Å². The molecule has 6 nitrogen and oxygen atoms in total. The fourth-order valence-electron chi connectivity index (χ4n) is 2.78. The molecule has 1 unspecified atom stereocenters. The Morgan fingerprint density at radius 2 is 1.28 bits per heavy atom. The summed E-state index contributed by atoms with van der Waals surface area (Å²) < 4.78 is 28.0. The van der Waals surface area contributed by atoms with Crippen LogP contribution in [0.2, 0.25) is 0 Å². The maximum atomic E-state index is 12.4. The van der Waals surface area contributed by atoms with Gasteiger partial charge in [-0.2, -0.15) is 0 Å². The average molecular weight is 399 g/mol. The van der Waals surface area contributed by atoms with Crippen molar-refractivity contribution in [1.82, 2.24) is 0 Å². The molecule has 156 valence electrons. The fourth-order valence-corrected chi connectivity index (χ4v) is 2.78. The molecule has 1 atom stereocenters. The zero-order valence-electron chi connectivity index (χ0n) is 16.5. The standard InChI is InChI=1S/C23H27O6/c24-21(20-4-2-1-3-5-20)8-6-19-7-9-22-23(18-19)29-17-15-27-13-11-25-10-12-26-14-16-28-22/h1-9,18,21H,10-17H2/q-1. The molecule has 0 fully saturated rings. The molecular weight excluding hydrogens is 372 g/mol. The smallest absolute Gasteiger partial charge is 0.161 e. The fraction of sp³-hybridized carbons (Fsp3) is 0.391. The van der Waals surface area contributed by atoms with Crippen LogP contribution in [0.1, 0.15) is 17.2 Å². The highest BCUT2D eigenvalue weighted by molar-refractivity contribution is 5.56. The van der Waals surface area contributed by atoms with E-state index in [0.717, 1.165) is 11.1 Å². The summed E-state index contributed by atoms with van der Waals surface area (Å²) in [6, 6.07) is 14.9. The molecule has 0 aliphatic carbocycles. The van der Waals surface area contributed by atoms with Gasteiger partial charge < -0.3 is 28.8 Å².